The second-order valence-electron chi connectivity index (χ2n) is 3.76. The van der Waals surface area contributed by atoms with Crippen LogP contribution in [-0.4, -0.2) is 45.6 Å². The minimum atomic E-state index is -0.262. The van der Waals surface area contributed by atoms with Gasteiger partial charge in [0.05, 0.1) is 31.2 Å². The van der Waals surface area contributed by atoms with Gasteiger partial charge in [0.15, 0.2) is 0 Å². The normalized spacial score (nSPS) is 15.1. The molecule has 0 saturated carbocycles. The van der Waals surface area contributed by atoms with E-state index in [0.29, 0.717) is 13.1 Å². The molecular weight excluding hydrogens is 234 g/mol. The lowest BCUT2D eigenvalue weighted by Crippen LogP contribution is -2.43. The molecule has 7 nitrogen and oxygen atoms in total. The number of hydrogen-bond donors (Lipinski definition) is 1. The van der Waals surface area contributed by atoms with Crippen molar-refractivity contribution in [1.29, 1.82) is 0 Å². The molecule has 0 saturated heterocycles. The summed E-state index contributed by atoms with van der Waals surface area (Å²) in [6.45, 7) is 4.91. The molecule has 2 heterocycles. The van der Waals surface area contributed by atoms with Crippen LogP contribution in [0.15, 0.2) is 31.1 Å². The van der Waals surface area contributed by atoms with Crippen LogP contribution in [0.5, 0.6) is 0 Å². The van der Waals surface area contributed by atoms with Gasteiger partial charge < -0.3 is 4.90 Å². The lowest BCUT2D eigenvalue weighted by molar-refractivity contribution is 0.0665. The molecule has 1 aliphatic rings. The van der Waals surface area contributed by atoms with E-state index in [2.05, 4.69) is 22.4 Å². The zero-order valence-electron chi connectivity index (χ0n) is 9.95. The minimum absolute atomic E-state index is 0.262. The van der Waals surface area contributed by atoms with Crippen LogP contribution in [0, 0.1) is 0 Å². The van der Waals surface area contributed by atoms with Gasteiger partial charge in [-0.3, -0.25) is 4.84 Å². The first-order valence-corrected chi connectivity index (χ1v) is 5.64. The molecule has 2 amide bonds. The molecule has 1 aromatic rings. The maximum Gasteiger partial charge on any atom is 0.341 e. The quantitative estimate of drug-likeness (QED) is 0.483. The van der Waals surface area contributed by atoms with Crippen molar-refractivity contribution in [3.05, 3.63) is 31.1 Å². The number of aromatic nitrogens is 3. The van der Waals surface area contributed by atoms with Crippen molar-refractivity contribution < 1.29 is 9.63 Å². The van der Waals surface area contributed by atoms with Crippen LogP contribution >= 0.6 is 0 Å². The van der Waals surface area contributed by atoms with Crippen LogP contribution in [0.4, 0.5) is 4.79 Å². The number of amides is 2. The van der Waals surface area contributed by atoms with Crippen molar-refractivity contribution >= 4 is 11.7 Å². The van der Waals surface area contributed by atoms with Gasteiger partial charge in [-0.1, -0.05) is 17.4 Å². The molecule has 1 aliphatic heterocycles. The highest BCUT2D eigenvalue weighted by atomic mass is 16.7. The highest BCUT2D eigenvalue weighted by Gasteiger charge is 2.19. The first kappa shape index (κ1) is 12.3. The Morgan fingerprint density at radius 2 is 2.56 bits per heavy atom. The van der Waals surface area contributed by atoms with E-state index in [1.807, 2.05) is 6.08 Å². The van der Waals surface area contributed by atoms with E-state index in [4.69, 9.17) is 4.84 Å². The van der Waals surface area contributed by atoms with Gasteiger partial charge in [0, 0.05) is 6.54 Å². The van der Waals surface area contributed by atoms with E-state index in [0.717, 1.165) is 12.1 Å². The molecule has 0 spiro atoms. The van der Waals surface area contributed by atoms with Gasteiger partial charge in [0.2, 0.25) is 0 Å². The molecule has 0 unspecified atom stereocenters. The molecule has 0 bridgehead atoms. The van der Waals surface area contributed by atoms with Crippen LogP contribution in [0.2, 0.25) is 0 Å². The van der Waals surface area contributed by atoms with E-state index < -0.39 is 0 Å². The second-order valence-corrected chi connectivity index (χ2v) is 3.76. The fourth-order valence-corrected chi connectivity index (χ4v) is 1.65. The van der Waals surface area contributed by atoms with E-state index in [1.54, 1.807) is 28.1 Å². The second kappa shape index (κ2) is 5.97. The number of urea groups is 1. The first-order valence-electron chi connectivity index (χ1n) is 5.64. The summed E-state index contributed by atoms with van der Waals surface area (Å²) in [7, 11) is 0. The number of nitrogens with zero attached hydrogens (tertiary/aromatic N) is 4. The third-order valence-electron chi connectivity index (χ3n) is 2.50. The zero-order valence-corrected chi connectivity index (χ0v) is 9.95. The molecule has 1 aromatic heterocycles. The molecule has 0 aromatic carbocycles. The largest absolute Gasteiger partial charge is 0.341 e. The van der Waals surface area contributed by atoms with Crippen LogP contribution < -0.4 is 5.48 Å². The predicted octanol–water partition coefficient (Wildman–Crippen LogP) is 0.652. The smallest absolute Gasteiger partial charge is 0.317 e. The average molecular weight is 249 g/mol. The van der Waals surface area contributed by atoms with Crippen LogP contribution in [0.25, 0.3) is 5.70 Å². The summed E-state index contributed by atoms with van der Waals surface area (Å²) in [5.74, 6) is 0. The Kier molecular flexibility index (Phi) is 4.08. The lowest BCUT2D eigenvalue weighted by Gasteiger charge is -2.26. The molecular formula is C11H15N5O2. The molecule has 1 N–H and O–H groups in total. The van der Waals surface area contributed by atoms with E-state index in [-0.39, 0.29) is 12.6 Å². The minimum Gasteiger partial charge on any atom is -0.317 e. The van der Waals surface area contributed by atoms with Gasteiger partial charge in [0.25, 0.3) is 0 Å². The summed E-state index contributed by atoms with van der Waals surface area (Å²) in [5.41, 5.74) is 3.29. The third kappa shape index (κ3) is 2.95. The van der Waals surface area contributed by atoms with Crippen LogP contribution in [0.3, 0.4) is 0 Å². The highest BCUT2D eigenvalue weighted by Crippen LogP contribution is 2.13. The van der Waals surface area contributed by atoms with Crippen LogP contribution in [-0.2, 0) is 4.84 Å². The number of nitrogens with one attached hydrogen (secondary N) is 1. The van der Waals surface area contributed by atoms with E-state index >= 15 is 0 Å². The topological polar surface area (TPSA) is 72.3 Å². The van der Waals surface area contributed by atoms with Crippen molar-refractivity contribution in [2.24, 2.45) is 0 Å². The van der Waals surface area contributed by atoms with Crippen molar-refractivity contribution in [1.82, 2.24) is 25.4 Å². The van der Waals surface area contributed by atoms with Gasteiger partial charge in [-0.2, -0.15) is 0 Å². The molecule has 96 valence electrons. The van der Waals surface area contributed by atoms with Gasteiger partial charge in [-0.25, -0.2) is 15.0 Å². The van der Waals surface area contributed by atoms with Gasteiger partial charge in [-0.05, 0) is 6.42 Å². The summed E-state index contributed by atoms with van der Waals surface area (Å²) in [6.07, 6.45) is 7.75. The Hall–Kier alpha value is -2.15. The van der Waals surface area contributed by atoms with Crippen molar-refractivity contribution in [2.75, 3.05) is 19.7 Å². The summed E-state index contributed by atoms with van der Waals surface area (Å²) in [6, 6.07) is -0.262. The molecule has 18 heavy (non-hydrogen) atoms. The summed E-state index contributed by atoms with van der Waals surface area (Å²) >= 11 is 0. The molecule has 0 radical (unpaired) electrons. The van der Waals surface area contributed by atoms with Gasteiger partial charge in [0.1, 0.15) is 0 Å². The standard InChI is InChI=1S/C11H15N5O2/c1-2-8-18-13-11(17)15-6-3-4-10(9-15)16-7-5-12-14-16/h2,4-5,7H,1,3,6,8-9H2,(H,13,17). The predicted molar refractivity (Wildman–Crippen MR) is 65.2 cm³/mol. The van der Waals surface area contributed by atoms with Crippen molar-refractivity contribution in [3.8, 4) is 0 Å². The molecule has 0 aliphatic carbocycles. The van der Waals surface area contributed by atoms with Gasteiger partial charge >= 0.3 is 6.03 Å². The maximum atomic E-state index is 11.8. The van der Waals surface area contributed by atoms with Crippen LogP contribution in [0.1, 0.15) is 6.42 Å². The number of carbonyl (C=O) groups is 1. The molecule has 0 atom stereocenters. The Morgan fingerprint density at radius 1 is 1.67 bits per heavy atom. The fourth-order valence-electron chi connectivity index (χ4n) is 1.65. The third-order valence-corrected chi connectivity index (χ3v) is 2.50. The number of hydroxylamine groups is 1. The van der Waals surface area contributed by atoms with Crippen molar-refractivity contribution in [2.45, 2.75) is 6.42 Å². The van der Waals surface area contributed by atoms with Gasteiger partial charge in [-0.15, -0.1) is 11.7 Å². The Morgan fingerprint density at radius 3 is 3.28 bits per heavy atom. The zero-order chi connectivity index (χ0) is 12.8. The number of rotatable bonds is 4. The monoisotopic (exact) mass is 249 g/mol. The average Bonchev–Trinajstić information content (AvgIpc) is 2.93. The first-order chi connectivity index (χ1) is 8.81. The number of carbonyl (C=O) groups excluding carboxylic acids is 1. The number of hydrogen-bond acceptors (Lipinski definition) is 4. The van der Waals surface area contributed by atoms with Crippen molar-refractivity contribution in [3.63, 3.8) is 0 Å². The molecule has 0 fully saturated rings. The summed E-state index contributed by atoms with van der Waals surface area (Å²) < 4.78 is 1.66. The highest BCUT2D eigenvalue weighted by molar-refractivity contribution is 5.75. The lowest BCUT2D eigenvalue weighted by atomic mass is 10.2. The summed E-state index contributed by atoms with van der Waals surface area (Å²) in [4.78, 5) is 18.3. The van der Waals surface area contributed by atoms with E-state index in [9.17, 15) is 4.79 Å². The maximum absolute atomic E-state index is 11.8. The Labute approximate surface area is 105 Å². The van der Waals surface area contributed by atoms with E-state index in [1.165, 1.54) is 0 Å². The Balaban J connectivity index is 1.91. The SMILES string of the molecule is C=CCONC(=O)N1CCC=C(n2ccnn2)C1. The fraction of sp³-hybridized carbons (Fsp3) is 0.364. The molecule has 2 rings (SSSR count). The molecule has 7 heteroatoms. The Bertz CT molecular complexity index is 440. The summed E-state index contributed by atoms with van der Waals surface area (Å²) in [5, 5.41) is 7.65.